The molecule has 0 spiro atoms. The van der Waals surface area contributed by atoms with Crippen LogP contribution < -0.4 is 10.2 Å². The Balaban J connectivity index is 1.78. The summed E-state index contributed by atoms with van der Waals surface area (Å²) in [4.78, 5) is 21.7. The molecular weight excluding hydrogens is 372 g/mol. The van der Waals surface area contributed by atoms with Crippen molar-refractivity contribution < 1.29 is 4.79 Å². The van der Waals surface area contributed by atoms with E-state index in [0.29, 0.717) is 5.57 Å². The number of likely N-dealkylation sites (N-methyl/N-ethyl adjacent to an activating group) is 2. The maximum Gasteiger partial charge on any atom is 0.251 e. The number of carbonyl (C=O) groups excluding carboxylic acids is 1. The zero-order chi connectivity index (χ0) is 21.7. The van der Waals surface area contributed by atoms with Gasteiger partial charge in [-0.1, -0.05) is 30.3 Å². The number of aryl methyl sites for hydroxylation is 1. The first-order valence-corrected chi connectivity index (χ1v) is 10.2. The van der Waals surface area contributed by atoms with Crippen molar-refractivity contribution in [2.75, 3.05) is 44.4 Å². The van der Waals surface area contributed by atoms with E-state index in [9.17, 15) is 4.79 Å². The van der Waals surface area contributed by atoms with E-state index in [2.05, 4.69) is 49.2 Å². The van der Waals surface area contributed by atoms with Crippen LogP contribution in [0.5, 0.6) is 0 Å². The van der Waals surface area contributed by atoms with Crippen LogP contribution in [-0.4, -0.2) is 50.0 Å². The average molecular weight is 403 g/mol. The van der Waals surface area contributed by atoms with Crippen molar-refractivity contribution in [1.82, 2.24) is 9.88 Å². The summed E-state index contributed by atoms with van der Waals surface area (Å²) in [5.41, 5.74) is 4.51. The number of benzene rings is 2. The molecular formula is C25H30N4O. The smallest absolute Gasteiger partial charge is 0.251 e. The molecule has 3 rings (SSSR count). The third-order valence-electron chi connectivity index (χ3n) is 5.07. The summed E-state index contributed by atoms with van der Waals surface area (Å²) in [6, 6.07) is 17.8. The Labute approximate surface area is 179 Å². The zero-order valence-corrected chi connectivity index (χ0v) is 18.4. The Morgan fingerprint density at radius 3 is 2.47 bits per heavy atom. The summed E-state index contributed by atoms with van der Waals surface area (Å²) in [7, 11) is 6.20. The van der Waals surface area contributed by atoms with Crippen molar-refractivity contribution in [2.24, 2.45) is 0 Å². The molecule has 0 aliphatic rings. The van der Waals surface area contributed by atoms with Gasteiger partial charge in [-0.05, 0) is 69.4 Å². The summed E-state index contributed by atoms with van der Waals surface area (Å²) >= 11 is 0. The van der Waals surface area contributed by atoms with Crippen molar-refractivity contribution in [3.63, 3.8) is 0 Å². The van der Waals surface area contributed by atoms with E-state index in [0.717, 1.165) is 46.6 Å². The van der Waals surface area contributed by atoms with Crippen LogP contribution in [-0.2, 0) is 4.79 Å². The van der Waals surface area contributed by atoms with Crippen LogP contribution in [0.25, 0.3) is 17.0 Å². The number of hydrogen-bond donors (Lipinski definition) is 1. The number of aromatic nitrogens is 1. The highest BCUT2D eigenvalue weighted by Crippen LogP contribution is 2.25. The van der Waals surface area contributed by atoms with Crippen LogP contribution in [0.2, 0.25) is 0 Å². The fraction of sp³-hybridized carbons (Fsp3) is 0.280. The average Bonchev–Trinajstić information content (AvgIpc) is 2.72. The molecule has 0 fully saturated rings. The second kappa shape index (κ2) is 9.55. The van der Waals surface area contributed by atoms with Gasteiger partial charge in [-0.15, -0.1) is 0 Å². The van der Waals surface area contributed by atoms with Gasteiger partial charge in [0.25, 0.3) is 5.91 Å². The molecule has 0 saturated carbocycles. The summed E-state index contributed by atoms with van der Waals surface area (Å²) in [6.07, 6.45) is 1.89. The van der Waals surface area contributed by atoms with Crippen LogP contribution in [0.1, 0.15) is 18.1 Å². The minimum absolute atomic E-state index is 0.108. The Morgan fingerprint density at radius 2 is 1.77 bits per heavy atom. The Kier molecular flexibility index (Phi) is 6.85. The largest absolute Gasteiger partial charge is 0.358 e. The van der Waals surface area contributed by atoms with Crippen molar-refractivity contribution in [3.8, 4) is 0 Å². The second-order valence-corrected chi connectivity index (χ2v) is 7.95. The van der Waals surface area contributed by atoms with Gasteiger partial charge in [0.15, 0.2) is 0 Å². The number of rotatable bonds is 7. The number of fused-ring (bicyclic) bond motifs is 1. The van der Waals surface area contributed by atoms with Gasteiger partial charge in [-0.3, -0.25) is 4.79 Å². The van der Waals surface area contributed by atoms with Crippen molar-refractivity contribution in [3.05, 3.63) is 71.3 Å². The van der Waals surface area contributed by atoms with E-state index < -0.39 is 0 Å². The molecule has 0 unspecified atom stereocenters. The maximum absolute atomic E-state index is 12.6. The molecule has 5 heteroatoms. The van der Waals surface area contributed by atoms with Crippen LogP contribution in [0.15, 0.2) is 60.2 Å². The van der Waals surface area contributed by atoms with E-state index in [1.165, 1.54) is 0 Å². The lowest BCUT2D eigenvalue weighted by Crippen LogP contribution is -2.29. The van der Waals surface area contributed by atoms with Gasteiger partial charge < -0.3 is 15.1 Å². The number of pyridine rings is 1. The maximum atomic E-state index is 12.6. The van der Waals surface area contributed by atoms with Gasteiger partial charge in [-0.2, -0.15) is 0 Å². The molecule has 0 aliphatic heterocycles. The molecule has 0 atom stereocenters. The van der Waals surface area contributed by atoms with Crippen LogP contribution in [0, 0.1) is 6.92 Å². The van der Waals surface area contributed by atoms with Crippen LogP contribution in [0.3, 0.4) is 0 Å². The van der Waals surface area contributed by atoms with E-state index in [-0.39, 0.29) is 5.91 Å². The molecule has 0 bridgehead atoms. The molecule has 1 heterocycles. The minimum atomic E-state index is -0.108. The van der Waals surface area contributed by atoms with E-state index in [1.54, 1.807) is 0 Å². The number of nitrogens with zero attached hydrogens (tertiary/aromatic N) is 3. The van der Waals surface area contributed by atoms with Gasteiger partial charge in [-0.25, -0.2) is 4.98 Å². The van der Waals surface area contributed by atoms with Gasteiger partial charge in [0.1, 0.15) is 5.82 Å². The summed E-state index contributed by atoms with van der Waals surface area (Å²) in [6.45, 7) is 5.79. The highest BCUT2D eigenvalue weighted by molar-refractivity contribution is 6.07. The van der Waals surface area contributed by atoms with Gasteiger partial charge >= 0.3 is 0 Å². The molecule has 1 aromatic heterocycles. The number of nitrogens with one attached hydrogen (secondary N) is 1. The molecule has 3 aromatic rings. The van der Waals surface area contributed by atoms with Gasteiger partial charge in [0.2, 0.25) is 0 Å². The highest BCUT2D eigenvalue weighted by Gasteiger charge is 2.10. The Morgan fingerprint density at radius 1 is 1.03 bits per heavy atom. The number of anilines is 2. The van der Waals surface area contributed by atoms with Crippen LogP contribution in [0.4, 0.5) is 11.5 Å². The summed E-state index contributed by atoms with van der Waals surface area (Å²) < 4.78 is 0. The zero-order valence-electron chi connectivity index (χ0n) is 18.4. The number of amides is 1. The summed E-state index contributed by atoms with van der Waals surface area (Å²) in [5, 5.41) is 4.04. The molecule has 156 valence electrons. The quantitative estimate of drug-likeness (QED) is 0.588. The van der Waals surface area contributed by atoms with Gasteiger partial charge in [0, 0.05) is 36.8 Å². The SMILES string of the molecule is C/C(=C\c1ccccc1)C(=O)Nc1ccc2nc(N(C)CCN(C)C)cc(C)c2c1. The molecule has 0 aliphatic carbocycles. The first kappa shape index (κ1) is 21.5. The first-order chi connectivity index (χ1) is 14.3. The lowest BCUT2D eigenvalue weighted by molar-refractivity contribution is -0.112. The lowest BCUT2D eigenvalue weighted by atomic mass is 10.1. The molecule has 5 nitrogen and oxygen atoms in total. The third kappa shape index (κ3) is 5.45. The monoisotopic (exact) mass is 402 g/mol. The van der Waals surface area contributed by atoms with E-state index in [1.807, 2.05) is 61.5 Å². The number of hydrogen-bond acceptors (Lipinski definition) is 4. The normalized spacial score (nSPS) is 11.7. The van der Waals surface area contributed by atoms with Crippen molar-refractivity contribution in [1.29, 1.82) is 0 Å². The standard InChI is InChI=1S/C25H30N4O/c1-18-16-24(29(5)14-13-28(3)4)27-23-12-11-21(17-22(18)23)26-25(30)19(2)15-20-9-7-6-8-10-20/h6-12,15-17H,13-14H2,1-5H3,(H,26,30)/b19-15+. The molecule has 0 radical (unpaired) electrons. The molecule has 2 aromatic carbocycles. The van der Waals surface area contributed by atoms with Crippen LogP contribution >= 0.6 is 0 Å². The molecule has 1 amide bonds. The topological polar surface area (TPSA) is 48.5 Å². The predicted octanol–water partition coefficient (Wildman–Crippen LogP) is 4.58. The Bertz CT molecular complexity index is 1060. The van der Waals surface area contributed by atoms with E-state index >= 15 is 0 Å². The third-order valence-corrected chi connectivity index (χ3v) is 5.07. The highest BCUT2D eigenvalue weighted by atomic mass is 16.1. The Hall–Kier alpha value is -3.18. The fourth-order valence-electron chi connectivity index (χ4n) is 3.21. The lowest BCUT2D eigenvalue weighted by Gasteiger charge is -2.21. The van der Waals surface area contributed by atoms with Crippen molar-refractivity contribution >= 4 is 34.4 Å². The number of carbonyl (C=O) groups is 1. The van der Waals surface area contributed by atoms with Crippen molar-refractivity contribution in [2.45, 2.75) is 13.8 Å². The molecule has 30 heavy (non-hydrogen) atoms. The second-order valence-electron chi connectivity index (χ2n) is 7.95. The molecule has 1 N–H and O–H groups in total. The minimum Gasteiger partial charge on any atom is -0.358 e. The van der Waals surface area contributed by atoms with E-state index in [4.69, 9.17) is 4.98 Å². The molecule has 0 saturated heterocycles. The fourth-order valence-corrected chi connectivity index (χ4v) is 3.21. The first-order valence-electron chi connectivity index (χ1n) is 10.2. The summed E-state index contributed by atoms with van der Waals surface area (Å²) in [5.74, 6) is 0.851. The predicted molar refractivity (Wildman–Crippen MR) is 127 cm³/mol. The van der Waals surface area contributed by atoms with Gasteiger partial charge in [0.05, 0.1) is 5.52 Å².